The van der Waals surface area contributed by atoms with Crippen molar-refractivity contribution in [2.24, 2.45) is 0 Å². The zero-order chi connectivity index (χ0) is 6.95. The van der Waals surface area contributed by atoms with Gasteiger partial charge in [0.1, 0.15) is 0 Å². The van der Waals surface area contributed by atoms with Crippen molar-refractivity contribution in [2.75, 3.05) is 0 Å². The van der Waals surface area contributed by atoms with Crippen LogP contribution in [0.1, 0.15) is 39.0 Å². The predicted octanol–water partition coefficient (Wildman–Crippen LogP) is 3.02. The fraction of sp³-hybridized carbons (Fsp3) is 0.750. The van der Waals surface area contributed by atoms with Crippen LogP contribution in [0, 0.1) is 0 Å². The molecule has 0 atom stereocenters. The van der Waals surface area contributed by atoms with Crippen molar-refractivity contribution in [3.05, 3.63) is 9.66 Å². The van der Waals surface area contributed by atoms with E-state index in [1.54, 1.807) is 0 Å². The van der Waals surface area contributed by atoms with E-state index in [4.69, 9.17) is 0 Å². The van der Waals surface area contributed by atoms with Gasteiger partial charge in [0.05, 0.1) is 0 Å². The SMILES string of the molecule is CCCCCCC=[CH][Hg]. The molecule has 0 aliphatic heterocycles. The van der Waals surface area contributed by atoms with Crippen molar-refractivity contribution in [1.29, 1.82) is 0 Å². The average molecular weight is 312 g/mol. The molecule has 49 valence electrons. The first kappa shape index (κ1) is 9.68. The van der Waals surface area contributed by atoms with Gasteiger partial charge in [-0.15, -0.1) is 0 Å². The molecule has 0 spiro atoms. The van der Waals surface area contributed by atoms with Crippen LogP contribution in [0.2, 0.25) is 0 Å². The van der Waals surface area contributed by atoms with Crippen LogP contribution < -0.4 is 0 Å². The molecule has 0 radical (unpaired) electrons. The summed E-state index contributed by atoms with van der Waals surface area (Å²) in [5.74, 6) is 0. The molecular formula is C8H15Hg. The zero-order valence-electron chi connectivity index (χ0n) is 6.40. The molecule has 9 heavy (non-hydrogen) atoms. The van der Waals surface area contributed by atoms with Gasteiger partial charge in [0, 0.05) is 0 Å². The van der Waals surface area contributed by atoms with Gasteiger partial charge in [0.15, 0.2) is 0 Å². The van der Waals surface area contributed by atoms with E-state index in [1.807, 2.05) is 0 Å². The molecule has 0 amide bonds. The Balaban J connectivity index is 2.75. The molecule has 0 rings (SSSR count). The number of rotatable bonds is 5. The van der Waals surface area contributed by atoms with Crippen molar-refractivity contribution >= 4 is 0 Å². The fourth-order valence-electron chi connectivity index (χ4n) is 0.807. The monoisotopic (exact) mass is 313 g/mol. The second kappa shape index (κ2) is 8.68. The molecule has 0 unspecified atom stereocenters. The number of allylic oxidation sites excluding steroid dienone is 1. The molecule has 0 bridgehead atoms. The summed E-state index contributed by atoms with van der Waals surface area (Å²) in [6, 6.07) is 0. The molecule has 0 nitrogen and oxygen atoms in total. The summed E-state index contributed by atoms with van der Waals surface area (Å²) < 4.78 is 2.33. The summed E-state index contributed by atoms with van der Waals surface area (Å²) in [5.41, 5.74) is 0. The van der Waals surface area contributed by atoms with E-state index in [0.717, 1.165) is 26.1 Å². The van der Waals surface area contributed by atoms with Crippen LogP contribution in [-0.2, 0) is 26.1 Å². The predicted molar refractivity (Wildman–Crippen MR) is 37.9 cm³/mol. The first-order chi connectivity index (χ1) is 4.41. The van der Waals surface area contributed by atoms with Gasteiger partial charge in [-0.1, -0.05) is 0 Å². The van der Waals surface area contributed by atoms with Gasteiger partial charge in [-0.3, -0.25) is 0 Å². The molecule has 0 saturated carbocycles. The first-order valence-electron chi connectivity index (χ1n) is 3.86. The van der Waals surface area contributed by atoms with Gasteiger partial charge in [-0.25, -0.2) is 0 Å². The standard InChI is InChI=1S/C8H15.Hg/c1-3-5-7-8-6-4-2;/h1,3H,4-8H2,2H3;. The molecule has 1 heteroatoms. The van der Waals surface area contributed by atoms with Crippen LogP contribution in [0.5, 0.6) is 0 Å². The van der Waals surface area contributed by atoms with Crippen LogP contribution in [0.25, 0.3) is 0 Å². The van der Waals surface area contributed by atoms with Crippen molar-refractivity contribution < 1.29 is 26.1 Å². The van der Waals surface area contributed by atoms with E-state index < -0.39 is 0 Å². The fourth-order valence-corrected chi connectivity index (χ4v) is 1.72. The van der Waals surface area contributed by atoms with Crippen LogP contribution >= 0.6 is 0 Å². The van der Waals surface area contributed by atoms with Crippen LogP contribution in [0.4, 0.5) is 0 Å². The van der Waals surface area contributed by atoms with Gasteiger partial charge in [-0.2, -0.15) is 0 Å². The molecule has 0 aliphatic rings. The molecule has 0 fully saturated rings. The Morgan fingerprint density at radius 1 is 1.22 bits per heavy atom. The number of hydrogen-bond donors (Lipinski definition) is 0. The Kier molecular flexibility index (Phi) is 9.33. The van der Waals surface area contributed by atoms with E-state index in [-0.39, 0.29) is 0 Å². The second-order valence-electron chi connectivity index (χ2n) is 2.32. The quantitative estimate of drug-likeness (QED) is 0.541. The maximum absolute atomic E-state index is 2.33. The van der Waals surface area contributed by atoms with Crippen molar-refractivity contribution in [2.45, 2.75) is 39.0 Å². The third-order valence-electron chi connectivity index (χ3n) is 1.39. The van der Waals surface area contributed by atoms with Crippen molar-refractivity contribution in [3.63, 3.8) is 0 Å². The summed E-state index contributed by atoms with van der Waals surface area (Å²) in [6.07, 6.45) is 9.26. The van der Waals surface area contributed by atoms with Crippen molar-refractivity contribution in [1.82, 2.24) is 0 Å². The van der Waals surface area contributed by atoms with Gasteiger partial charge < -0.3 is 0 Å². The van der Waals surface area contributed by atoms with Crippen molar-refractivity contribution in [3.8, 4) is 0 Å². The molecule has 0 aromatic rings. The molecule has 0 aliphatic carbocycles. The van der Waals surface area contributed by atoms with Crippen LogP contribution in [-0.4, -0.2) is 0 Å². The van der Waals surface area contributed by atoms with Gasteiger partial charge >= 0.3 is 74.8 Å². The Morgan fingerprint density at radius 3 is 2.56 bits per heavy atom. The number of unbranched alkanes of at least 4 members (excludes halogenated alkanes) is 4. The summed E-state index contributed by atoms with van der Waals surface area (Å²) in [7, 11) is 0. The molecule has 0 saturated heterocycles. The Hall–Kier alpha value is 0.675. The Morgan fingerprint density at radius 2 is 2.00 bits per heavy atom. The zero-order valence-corrected chi connectivity index (χ0v) is 11.9. The second-order valence-corrected chi connectivity index (χ2v) is 4.15. The summed E-state index contributed by atoms with van der Waals surface area (Å²) in [5, 5.41) is 0. The van der Waals surface area contributed by atoms with Gasteiger partial charge in [0.25, 0.3) is 0 Å². The van der Waals surface area contributed by atoms with E-state index >= 15 is 0 Å². The number of hydrogen-bond acceptors (Lipinski definition) is 0. The Labute approximate surface area is 74.7 Å². The Bertz CT molecular complexity index is 67.0. The minimum absolute atomic E-state index is 0.886. The van der Waals surface area contributed by atoms with E-state index in [2.05, 4.69) is 16.6 Å². The topological polar surface area (TPSA) is 0 Å². The third kappa shape index (κ3) is 8.68. The summed E-state index contributed by atoms with van der Waals surface area (Å²) in [4.78, 5) is 0. The summed E-state index contributed by atoms with van der Waals surface area (Å²) >= 11 is 0.886. The molecule has 0 aromatic heterocycles. The normalized spacial score (nSPS) is 11.0. The molecule has 0 N–H and O–H groups in total. The molecular weight excluding hydrogens is 297 g/mol. The third-order valence-corrected chi connectivity index (χ3v) is 2.69. The van der Waals surface area contributed by atoms with E-state index in [0.29, 0.717) is 0 Å². The maximum atomic E-state index is 2.33. The molecule has 0 heterocycles. The first-order valence-corrected chi connectivity index (χ1v) is 7.03. The van der Waals surface area contributed by atoms with E-state index in [1.165, 1.54) is 32.1 Å². The van der Waals surface area contributed by atoms with Gasteiger partial charge in [0.2, 0.25) is 0 Å². The van der Waals surface area contributed by atoms with Gasteiger partial charge in [-0.05, 0) is 0 Å². The van der Waals surface area contributed by atoms with Crippen LogP contribution in [0.3, 0.4) is 0 Å². The molecule has 0 aromatic carbocycles. The summed E-state index contributed by atoms with van der Waals surface area (Å²) in [6.45, 7) is 2.26. The average Bonchev–Trinajstić information content (AvgIpc) is 1.89. The minimum atomic E-state index is 0.886. The van der Waals surface area contributed by atoms with Crippen LogP contribution in [0.15, 0.2) is 9.66 Å². The van der Waals surface area contributed by atoms with E-state index in [9.17, 15) is 0 Å².